The van der Waals surface area contributed by atoms with E-state index in [9.17, 15) is 69.2 Å². The predicted octanol–water partition coefficient (Wildman–Crippen LogP) is 9.34. The number of aromatic nitrogens is 11. The van der Waals surface area contributed by atoms with Gasteiger partial charge in [0.05, 0.1) is 126 Å². The molecule has 6 bridgehead atoms. The number of alkyl halides is 9. The molecule has 15 rings (SSSR count). The minimum atomic E-state index is -4.52. The van der Waals surface area contributed by atoms with Crippen LogP contribution in [0, 0.1) is 13.8 Å². The third-order valence-corrected chi connectivity index (χ3v) is 19.4. The molecule has 3 saturated heterocycles. The summed E-state index contributed by atoms with van der Waals surface area (Å²) in [6.07, 6.45) is -2.36. The smallest absolute Gasteiger partial charge is 0.416 e. The van der Waals surface area contributed by atoms with Crippen LogP contribution in [0.25, 0.3) is 34.2 Å². The fourth-order valence-corrected chi connectivity index (χ4v) is 14.0. The summed E-state index contributed by atoms with van der Waals surface area (Å²) in [5, 5.41) is 63.2. The molecule has 6 aliphatic heterocycles. The van der Waals surface area contributed by atoms with E-state index >= 15 is 0 Å². The van der Waals surface area contributed by atoms with Crippen LogP contribution in [0.5, 0.6) is 17.5 Å². The van der Waals surface area contributed by atoms with Crippen molar-refractivity contribution in [2.45, 2.75) is 107 Å². The van der Waals surface area contributed by atoms with Crippen LogP contribution >= 0.6 is 0 Å². The van der Waals surface area contributed by atoms with E-state index in [0.717, 1.165) is 88.1 Å². The number of rotatable bonds is 18. The van der Waals surface area contributed by atoms with Gasteiger partial charge >= 0.3 is 42.6 Å². The van der Waals surface area contributed by atoms with Crippen molar-refractivity contribution < 1.29 is 98.7 Å². The lowest BCUT2D eigenvalue weighted by atomic mass is 9.99. The summed E-state index contributed by atoms with van der Waals surface area (Å²) < 4.78 is 136. The van der Waals surface area contributed by atoms with Gasteiger partial charge in [0.1, 0.15) is 55.3 Å². The van der Waals surface area contributed by atoms with Gasteiger partial charge in [-0.15, -0.1) is 0 Å². The zero-order valence-corrected chi connectivity index (χ0v) is 61.9. The number of urea groups is 3. The monoisotopic (exact) mass is 1620 g/mol. The van der Waals surface area contributed by atoms with Gasteiger partial charge in [0, 0.05) is 62.0 Å². The van der Waals surface area contributed by atoms with Gasteiger partial charge in [-0.3, -0.25) is 25.0 Å². The SMILES string of the molecule is Cc1nc(-c2cccc(C(F)(F)F)c2)nc2c1N1CCC[C@@H](C1)N2C(=O)Nc1cnc(OC[C@H](O)CO)nc1.Cc1nc(-c2cccc(C(F)(F)F)c2)nc2c1N1CCC[C@@H](C1)N2C(=O)Nc1cncc(OC[C@H](O)CO)c1.O=C(Nc1ncc(OC[C@H](O)CO)cn1)N1c2nc(-c3cccc(C(F)(F)F)c3)ncc2N2CCC[C@H]1C2. The number of fused-ring (bicyclic) bond motifs is 12. The van der Waals surface area contributed by atoms with Gasteiger partial charge in [0.25, 0.3) is 0 Å². The number of carbonyl (C=O) groups excluding carboxylic acids is 3. The number of hydrogen-bond donors (Lipinski definition) is 9. The Kier molecular flexibility index (Phi) is 24.7. The number of aliphatic hydroxyl groups excluding tert-OH is 6. The van der Waals surface area contributed by atoms with E-state index in [1.54, 1.807) is 18.7 Å². The van der Waals surface area contributed by atoms with Gasteiger partial charge in [-0.25, -0.2) is 64.2 Å². The fourth-order valence-electron chi connectivity index (χ4n) is 14.0. The molecular weight excluding hydrogens is 1540 g/mol. The van der Waals surface area contributed by atoms with Gasteiger partial charge in [0.2, 0.25) is 5.95 Å². The molecule has 6 aromatic heterocycles. The zero-order chi connectivity index (χ0) is 82.3. The number of anilines is 9. The first-order valence-electron chi connectivity index (χ1n) is 36.6. The average molecular weight is 1620 g/mol. The van der Waals surface area contributed by atoms with Gasteiger partial charge in [-0.2, -0.15) is 39.5 Å². The van der Waals surface area contributed by atoms with Crippen LogP contribution in [0.15, 0.2) is 122 Å². The summed E-state index contributed by atoms with van der Waals surface area (Å²) in [5.41, 5.74) is 1.80. The van der Waals surface area contributed by atoms with E-state index < -0.39 is 91.4 Å². The molecule has 9 aromatic rings. The van der Waals surface area contributed by atoms with Crippen LogP contribution in [0.4, 0.5) is 106 Å². The van der Waals surface area contributed by atoms with E-state index in [0.29, 0.717) is 77.6 Å². The van der Waals surface area contributed by atoms with Gasteiger partial charge in [-0.05, 0) is 88.8 Å². The maximum absolute atomic E-state index is 13.6. The minimum Gasteiger partial charge on any atom is -0.489 e. The molecule has 116 heavy (non-hydrogen) atoms. The Hall–Kier alpha value is -12.1. The quantitative estimate of drug-likeness (QED) is 0.0361. The number of carbonyl (C=O) groups is 3. The Labute approximate surface area is 654 Å². The number of hydrogen-bond acceptors (Lipinski definition) is 26. The number of ether oxygens (including phenoxy) is 3. The molecule has 41 heteroatoms. The van der Waals surface area contributed by atoms with Gasteiger partial charge in [-0.1, -0.05) is 36.4 Å². The van der Waals surface area contributed by atoms with Crippen molar-refractivity contribution >= 4 is 69.9 Å². The first-order chi connectivity index (χ1) is 55.5. The van der Waals surface area contributed by atoms with E-state index in [1.165, 1.54) is 95.6 Å². The number of piperidine rings is 3. The third-order valence-electron chi connectivity index (χ3n) is 19.4. The highest BCUT2D eigenvalue weighted by molar-refractivity contribution is 6.06. The molecule has 3 aromatic carbocycles. The summed E-state index contributed by atoms with van der Waals surface area (Å²) in [4.78, 5) is 98.7. The molecule has 0 unspecified atom stereocenters. The van der Waals surface area contributed by atoms with E-state index in [4.69, 9.17) is 29.5 Å². The highest BCUT2D eigenvalue weighted by Crippen LogP contribution is 2.46. The second kappa shape index (κ2) is 35.0. The number of aliphatic hydroxyl groups is 6. The minimum absolute atomic E-state index is 0.00277. The number of benzene rings is 3. The Morgan fingerprint density at radius 3 is 1.34 bits per heavy atom. The lowest BCUT2D eigenvalue weighted by molar-refractivity contribution is -0.138. The second-order valence-corrected chi connectivity index (χ2v) is 27.7. The van der Waals surface area contributed by atoms with Crippen LogP contribution < -0.4 is 59.6 Å². The van der Waals surface area contributed by atoms with Gasteiger partial charge in [0.15, 0.2) is 40.7 Å². The van der Waals surface area contributed by atoms with E-state index in [-0.39, 0.29) is 101 Å². The summed E-state index contributed by atoms with van der Waals surface area (Å²) in [6, 6.07) is 13.7. The summed E-state index contributed by atoms with van der Waals surface area (Å²) >= 11 is 0. The summed E-state index contributed by atoms with van der Waals surface area (Å²) in [7, 11) is 0. The standard InChI is InChI=1S/C26H27F3N6O4.C25H26F3N7O4.C24H24F3N7O4/c1-15-22-24(33-23(31-15)16-4-2-5-17(8-16)26(27,28)29)35(19-6-3-7-34(22)12-19)25(38)32-18-9-21(11-30-10-18)39-14-20(37)13-36;1-14-20-22(33-21(31-14)15-4-2-5-16(8-15)25(26,27)28)35(18-6-3-7-34(20)11-18)24(38)32-17-9-29-23(30-10-17)39-13-19(37)12-36;25-24(26,27)15-4-1-3-14(7-15)20-28-10-19-21(31-20)34(16-5-2-6-33(19)11-16)23(37)32-22-29-8-18(9-30-22)38-13-17(36)12-35/h2,4-5,8-11,19-20,36-37H,3,6-7,12-14H2,1H3,(H,32,38);2,4-5,8-10,18-19,36-37H,3,6-7,11-13H2,1H3,(H,32,38);1,3-4,7-10,16-17,35-36H,2,5-6,11-13H2,(H,29,30,32,37)/t19-,20+;18-,19+;16-,17+/m000/s1. The molecule has 0 saturated carbocycles. The Morgan fingerprint density at radius 2 is 0.871 bits per heavy atom. The lowest BCUT2D eigenvalue weighted by Crippen LogP contribution is -2.56. The molecule has 6 aliphatic rings. The van der Waals surface area contributed by atoms with Crippen molar-refractivity contribution in [1.82, 2.24) is 54.8 Å². The van der Waals surface area contributed by atoms with Crippen LogP contribution in [0.2, 0.25) is 0 Å². The Balaban J connectivity index is 0.000000151. The maximum atomic E-state index is 13.6. The van der Waals surface area contributed by atoms with E-state index in [1.807, 2.05) is 0 Å². The Bertz CT molecular complexity index is 5010. The number of pyridine rings is 1. The van der Waals surface area contributed by atoms with E-state index in [2.05, 4.69) is 85.5 Å². The van der Waals surface area contributed by atoms with Crippen molar-refractivity contribution in [2.75, 3.05) is 124 Å². The average Bonchev–Trinajstić information content (AvgIpc) is 0.752. The number of amides is 6. The predicted molar refractivity (Wildman–Crippen MR) is 401 cm³/mol. The molecule has 3 fully saturated rings. The molecule has 0 spiro atoms. The second-order valence-electron chi connectivity index (χ2n) is 27.7. The van der Waals surface area contributed by atoms with Crippen molar-refractivity contribution in [2.24, 2.45) is 0 Å². The van der Waals surface area contributed by atoms with Crippen molar-refractivity contribution in [3.05, 3.63) is 150 Å². The fraction of sp³-hybridized carbons (Fsp3) is 0.387. The van der Waals surface area contributed by atoms with Crippen molar-refractivity contribution in [3.8, 4) is 51.7 Å². The molecular formula is C75H77F9N20O12. The molecule has 0 radical (unpaired) electrons. The van der Waals surface area contributed by atoms with Crippen LogP contribution in [-0.2, 0) is 18.5 Å². The highest BCUT2D eigenvalue weighted by Gasteiger charge is 2.44. The summed E-state index contributed by atoms with van der Waals surface area (Å²) in [6.45, 7) is 5.61. The van der Waals surface area contributed by atoms with Gasteiger partial charge < -0.3 is 70.2 Å². The van der Waals surface area contributed by atoms with Crippen molar-refractivity contribution in [3.63, 3.8) is 0 Å². The van der Waals surface area contributed by atoms with Crippen LogP contribution in [0.1, 0.15) is 66.6 Å². The molecule has 0 aliphatic carbocycles. The van der Waals surface area contributed by atoms with Crippen LogP contribution in [-0.4, -0.2) is 219 Å². The molecule has 612 valence electrons. The zero-order valence-electron chi connectivity index (χ0n) is 61.9. The number of halogens is 9. The largest absolute Gasteiger partial charge is 0.489 e. The number of aryl methyl sites for hydroxylation is 2. The normalized spacial score (nSPS) is 17.5. The molecule has 6 amide bonds. The first-order valence-corrected chi connectivity index (χ1v) is 36.6. The maximum Gasteiger partial charge on any atom is 0.416 e. The topological polar surface area (TPSA) is 398 Å². The van der Waals surface area contributed by atoms with Crippen LogP contribution in [0.3, 0.4) is 0 Å². The molecule has 12 heterocycles. The summed E-state index contributed by atoms with van der Waals surface area (Å²) in [5.74, 6) is 1.71. The first kappa shape index (κ1) is 81.9. The number of nitrogens with zero attached hydrogens (tertiary/aromatic N) is 17. The third kappa shape index (κ3) is 19.0. The molecule has 9 N–H and O–H groups in total. The molecule has 6 atom stereocenters. The van der Waals surface area contributed by atoms with Crippen molar-refractivity contribution in [1.29, 1.82) is 0 Å². The number of nitrogens with one attached hydrogen (secondary N) is 3. The highest BCUT2D eigenvalue weighted by atomic mass is 19.4. The lowest BCUT2D eigenvalue weighted by Gasteiger charge is -2.46. The Morgan fingerprint density at radius 1 is 0.457 bits per heavy atom. The molecule has 32 nitrogen and oxygen atoms in total.